The van der Waals surface area contributed by atoms with Gasteiger partial charge in [-0.25, -0.2) is 4.99 Å². The Morgan fingerprint density at radius 3 is 2.75 bits per heavy atom. The van der Waals surface area contributed by atoms with Crippen LogP contribution in [0.25, 0.3) is 5.70 Å². The van der Waals surface area contributed by atoms with E-state index >= 15 is 0 Å². The van der Waals surface area contributed by atoms with E-state index in [1.165, 1.54) is 6.08 Å². The number of rotatable bonds is 1. The van der Waals surface area contributed by atoms with Crippen LogP contribution in [0.5, 0.6) is 0 Å². The topological polar surface area (TPSA) is 39.4 Å². The third kappa shape index (κ3) is 2.29. The molecule has 4 heteroatoms. The first-order valence-electron chi connectivity index (χ1n) is 6.08. The van der Waals surface area contributed by atoms with Crippen LogP contribution < -0.4 is 0 Å². The molecule has 0 aromatic heterocycles. The van der Waals surface area contributed by atoms with Crippen molar-refractivity contribution < 1.29 is 0 Å². The standard InChI is InChI=1S/C16H10ClN3/c17-13-6-4-12(5-7-13)15-11-14(8-9-18)20-10-2-1-3-16(20)19-15/h1-8,10-11H/b14-8+. The molecule has 1 aromatic rings. The van der Waals surface area contributed by atoms with Crippen molar-refractivity contribution in [3.63, 3.8) is 0 Å². The SMILES string of the molecule is N#C/C=C1\C=C(c2ccc(Cl)cc2)N=C2C=CC=CN21. The monoisotopic (exact) mass is 279 g/mol. The summed E-state index contributed by atoms with van der Waals surface area (Å²) in [5.41, 5.74) is 2.57. The van der Waals surface area contributed by atoms with Gasteiger partial charge in [-0.3, -0.25) is 0 Å². The van der Waals surface area contributed by atoms with Gasteiger partial charge in [0.1, 0.15) is 5.84 Å². The van der Waals surface area contributed by atoms with E-state index in [2.05, 4.69) is 11.1 Å². The lowest BCUT2D eigenvalue weighted by Crippen LogP contribution is -2.26. The Morgan fingerprint density at radius 2 is 2.00 bits per heavy atom. The highest BCUT2D eigenvalue weighted by Gasteiger charge is 2.18. The maximum absolute atomic E-state index is 8.92. The fraction of sp³-hybridized carbons (Fsp3) is 0. The smallest absolute Gasteiger partial charge is 0.137 e. The Bertz CT molecular complexity index is 728. The van der Waals surface area contributed by atoms with E-state index in [0.29, 0.717) is 5.02 Å². The number of hydrogen-bond donors (Lipinski definition) is 0. The van der Waals surface area contributed by atoms with Crippen molar-refractivity contribution in [1.82, 2.24) is 4.90 Å². The first kappa shape index (κ1) is 12.5. The van der Waals surface area contributed by atoms with Crippen LogP contribution in [0, 0.1) is 11.3 Å². The summed E-state index contributed by atoms with van der Waals surface area (Å²) in [5, 5.41) is 9.61. The molecular formula is C16H10ClN3. The molecule has 3 nitrogen and oxygen atoms in total. The predicted octanol–water partition coefficient (Wildman–Crippen LogP) is 3.89. The number of hydrogen-bond acceptors (Lipinski definition) is 3. The molecule has 0 aliphatic carbocycles. The minimum absolute atomic E-state index is 0.688. The molecule has 3 rings (SSSR count). The molecule has 0 unspecified atom stereocenters. The molecule has 2 aliphatic heterocycles. The van der Waals surface area contributed by atoms with Gasteiger partial charge in [-0.05, 0) is 30.4 Å². The van der Waals surface area contributed by atoms with Crippen molar-refractivity contribution in [3.05, 3.63) is 77.1 Å². The second-order valence-corrected chi connectivity index (χ2v) is 4.71. The van der Waals surface area contributed by atoms with Crippen LogP contribution >= 0.6 is 11.6 Å². The van der Waals surface area contributed by atoms with Gasteiger partial charge in [0.05, 0.1) is 17.5 Å². The molecule has 0 fully saturated rings. The highest BCUT2D eigenvalue weighted by atomic mass is 35.5. The summed E-state index contributed by atoms with van der Waals surface area (Å²) in [5.74, 6) is 0.793. The Kier molecular flexibility index (Phi) is 3.24. The van der Waals surface area contributed by atoms with Gasteiger partial charge in [-0.15, -0.1) is 0 Å². The number of allylic oxidation sites excluding steroid dienone is 4. The quantitative estimate of drug-likeness (QED) is 0.732. The van der Waals surface area contributed by atoms with E-state index in [-0.39, 0.29) is 0 Å². The van der Waals surface area contributed by atoms with Crippen LogP contribution in [0.2, 0.25) is 5.02 Å². The molecule has 0 saturated heterocycles. The average molecular weight is 280 g/mol. The average Bonchev–Trinajstić information content (AvgIpc) is 2.48. The van der Waals surface area contributed by atoms with E-state index < -0.39 is 0 Å². The minimum Gasteiger partial charge on any atom is -0.301 e. The van der Waals surface area contributed by atoms with Gasteiger partial charge < -0.3 is 4.90 Å². The molecule has 1 aromatic carbocycles. The van der Waals surface area contributed by atoms with Gasteiger partial charge in [0.25, 0.3) is 0 Å². The highest BCUT2D eigenvalue weighted by Crippen LogP contribution is 2.27. The van der Waals surface area contributed by atoms with Crippen LogP contribution in [0.3, 0.4) is 0 Å². The molecule has 0 N–H and O–H groups in total. The molecule has 0 bridgehead atoms. The summed E-state index contributed by atoms with van der Waals surface area (Å²) in [6, 6.07) is 9.56. The van der Waals surface area contributed by atoms with Gasteiger partial charge in [0, 0.05) is 22.9 Å². The van der Waals surface area contributed by atoms with E-state index in [1.54, 1.807) is 0 Å². The number of halogens is 1. The van der Waals surface area contributed by atoms with Crippen molar-refractivity contribution >= 4 is 23.1 Å². The van der Waals surface area contributed by atoms with E-state index in [0.717, 1.165) is 22.8 Å². The summed E-state index contributed by atoms with van der Waals surface area (Å²) < 4.78 is 0. The van der Waals surface area contributed by atoms with Crippen LogP contribution in [-0.2, 0) is 0 Å². The molecule has 0 amide bonds. The lowest BCUT2D eigenvalue weighted by atomic mass is 10.1. The zero-order chi connectivity index (χ0) is 13.9. The van der Waals surface area contributed by atoms with Crippen molar-refractivity contribution in [2.45, 2.75) is 0 Å². The number of aliphatic imine (C=N–C) groups is 1. The minimum atomic E-state index is 0.688. The molecule has 20 heavy (non-hydrogen) atoms. The van der Waals surface area contributed by atoms with E-state index in [1.807, 2.05) is 59.7 Å². The third-order valence-corrected chi connectivity index (χ3v) is 3.24. The maximum Gasteiger partial charge on any atom is 0.137 e. The summed E-state index contributed by atoms with van der Waals surface area (Å²) in [6.45, 7) is 0. The largest absolute Gasteiger partial charge is 0.301 e. The van der Waals surface area contributed by atoms with E-state index in [4.69, 9.17) is 16.9 Å². The number of amidine groups is 1. The van der Waals surface area contributed by atoms with Crippen molar-refractivity contribution in [3.8, 4) is 6.07 Å². The third-order valence-electron chi connectivity index (χ3n) is 2.99. The van der Waals surface area contributed by atoms with Gasteiger partial charge in [-0.1, -0.05) is 29.8 Å². The van der Waals surface area contributed by atoms with Gasteiger partial charge in [0.15, 0.2) is 0 Å². The summed E-state index contributed by atoms with van der Waals surface area (Å²) in [7, 11) is 0. The Labute approximate surface area is 122 Å². The Morgan fingerprint density at radius 1 is 1.20 bits per heavy atom. The van der Waals surface area contributed by atoms with Gasteiger partial charge in [-0.2, -0.15) is 5.26 Å². The van der Waals surface area contributed by atoms with Crippen LogP contribution in [-0.4, -0.2) is 10.7 Å². The van der Waals surface area contributed by atoms with Crippen LogP contribution in [0.15, 0.2) is 71.5 Å². The maximum atomic E-state index is 8.92. The lowest BCUT2D eigenvalue weighted by molar-refractivity contribution is 0.707. The van der Waals surface area contributed by atoms with Crippen LogP contribution in [0.1, 0.15) is 5.56 Å². The summed E-state index contributed by atoms with van der Waals surface area (Å²) >= 11 is 5.90. The van der Waals surface area contributed by atoms with Crippen LogP contribution in [0.4, 0.5) is 0 Å². The molecule has 0 saturated carbocycles. The molecule has 2 heterocycles. The fourth-order valence-electron chi connectivity index (χ4n) is 2.05. The first-order valence-corrected chi connectivity index (χ1v) is 6.46. The zero-order valence-electron chi connectivity index (χ0n) is 10.5. The second-order valence-electron chi connectivity index (χ2n) is 4.28. The number of fused-ring (bicyclic) bond motifs is 1. The molecule has 0 atom stereocenters. The Balaban J connectivity index is 2.08. The van der Waals surface area contributed by atoms with Crippen molar-refractivity contribution in [2.75, 3.05) is 0 Å². The molecule has 0 spiro atoms. The summed E-state index contributed by atoms with van der Waals surface area (Å²) in [6.07, 6.45) is 11.0. The molecular weight excluding hydrogens is 270 g/mol. The van der Waals surface area contributed by atoms with E-state index in [9.17, 15) is 0 Å². The Hall–Kier alpha value is -2.57. The van der Waals surface area contributed by atoms with Gasteiger partial charge in [0.2, 0.25) is 0 Å². The molecule has 2 aliphatic rings. The summed E-state index contributed by atoms with van der Waals surface area (Å²) in [4.78, 5) is 6.49. The normalized spacial score (nSPS) is 18.4. The number of nitriles is 1. The first-order chi connectivity index (χ1) is 9.78. The van der Waals surface area contributed by atoms with Crippen molar-refractivity contribution in [2.24, 2.45) is 4.99 Å². The lowest BCUT2D eigenvalue weighted by Gasteiger charge is -2.27. The zero-order valence-corrected chi connectivity index (χ0v) is 11.2. The van der Waals surface area contributed by atoms with Gasteiger partial charge >= 0.3 is 0 Å². The van der Waals surface area contributed by atoms with Crippen molar-refractivity contribution in [1.29, 1.82) is 5.26 Å². The second kappa shape index (κ2) is 5.20. The fourth-order valence-corrected chi connectivity index (χ4v) is 2.18. The molecule has 96 valence electrons. The predicted molar refractivity (Wildman–Crippen MR) is 80.7 cm³/mol. The highest BCUT2D eigenvalue weighted by molar-refractivity contribution is 6.30. The number of benzene rings is 1. The number of nitrogens with zero attached hydrogens (tertiary/aromatic N) is 3. The molecule has 0 radical (unpaired) electrons.